The van der Waals surface area contributed by atoms with E-state index < -0.39 is 0 Å². The molecule has 0 spiro atoms. The number of hydrogen-bond donors (Lipinski definition) is 1. The van der Waals surface area contributed by atoms with Crippen molar-refractivity contribution in [3.05, 3.63) is 35.4 Å². The molecule has 0 radical (unpaired) electrons. The van der Waals surface area contributed by atoms with Gasteiger partial charge in [-0.3, -0.25) is 9.69 Å². The molecule has 0 aromatic heterocycles. The Morgan fingerprint density at radius 3 is 2.52 bits per heavy atom. The number of nitrogens with zero attached hydrogens (tertiary/aromatic N) is 2. The second-order valence-corrected chi connectivity index (χ2v) is 7.64. The van der Waals surface area contributed by atoms with Crippen LogP contribution in [0.5, 0.6) is 0 Å². The molecule has 0 unspecified atom stereocenters. The van der Waals surface area contributed by atoms with Gasteiger partial charge in [-0.2, -0.15) is 0 Å². The molecule has 0 aliphatic carbocycles. The molecule has 1 saturated heterocycles. The van der Waals surface area contributed by atoms with E-state index in [2.05, 4.69) is 43.1 Å². The van der Waals surface area contributed by atoms with Gasteiger partial charge in [0.05, 0.1) is 0 Å². The lowest BCUT2D eigenvalue weighted by Gasteiger charge is -2.34. The van der Waals surface area contributed by atoms with Crippen molar-refractivity contribution in [2.45, 2.75) is 45.2 Å². The van der Waals surface area contributed by atoms with Crippen molar-refractivity contribution < 1.29 is 4.79 Å². The molecule has 1 aromatic carbocycles. The Balaban J connectivity index is 2.08. The number of nitrogens with one attached hydrogen (secondary N) is 1. The smallest absolute Gasteiger partial charge is 0.242 e. The van der Waals surface area contributed by atoms with Crippen LogP contribution < -0.4 is 5.32 Å². The number of carbonyl (C=O) groups excluding carboxylic acids is 1. The van der Waals surface area contributed by atoms with Crippen molar-refractivity contribution in [2.75, 3.05) is 33.7 Å². The number of likely N-dealkylation sites (tertiary alicyclic amines) is 1. The van der Waals surface area contributed by atoms with E-state index in [0.717, 1.165) is 25.2 Å². The van der Waals surface area contributed by atoms with Gasteiger partial charge in [-0.15, -0.1) is 0 Å². The maximum atomic E-state index is 12.9. The van der Waals surface area contributed by atoms with Crippen LogP contribution in [0.3, 0.4) is 0 Å². The Morgan fingerprint density at radius 1 is 1.30 bits per heavy atom. The molecule has 1 aliphatic heterocycles. The van der Waals surface area contributed by atoms with Crippen molar-refractivity contribution in [1.82, 2.24) is 15.1 Å². The van der Waals surface area contributed by atoms with E-state index in [4.69, 9.17) is 0 Å². The highest BCUT2D eigenvalue weighted by atomic mass is 16.2. The Bertz CT molecular complexity index is 533. The molecule has 1 amide bonds. The summed E-state index contributed by atoms with van der Waals surface area (Å²) in [7, 11) is 3.92. The lowest BCUT2D eigenvalue weighted by atomic mass is 9.99. The Hall–Kier alpha value is -1.39. The summed E-state index contributed by atoms with van der Waals surface area (Å²) in [5.74, 6) is 0.0739. The van der Waals surface area contributed by atoms with Gasteiger partial charge in [-0.1, -0.05) is 29.8 Å². The van der Waals surface area contributed by atoms with Crippen LogP contribution in [0, 0.1) is 6.92 Å². The van der Waals surface area contributed by atoms with E-state index in [1.807, 2.05) is 31.1 Å². The summed E-state index contributed by atoms with van der Waals surface area (Å²) < 4.78 is 0. The third kappa shape index (κ3) is 5.05. The topological polar surface area (TPSA) is 35.6 Å². The van der Waals surface area contributed by atoms with Crippen molar-refractivity contribution in [1.29, 1.82) is 0 Å². The van der Waals surface area contributed by atoms with Crippen molar-refractivity contribution in [2.24, 2.45) is 0 Å². The van der Waals surface area contributed by atoms with Crippen molar-refractivity contribution in [3.8, 4) is 0 Å². The highest BCUT2D eigenvalue weighted by Gasteiger charge is 2.30. The molecule has 4 nitrogen and oxygen atoms in total. The molecule has 128 valence electrons. The van der Waals surface area contributed by atoms with E-state index in [0.29, 0.717) is 0 Å². The molecule has 1 aliphatic rings. The molecule has 23 heavy (non-hydrogen) atoms. The number of hydrogen-bond acceptors (Lipinski definition) is 3. The van der Waals surface area contributed by atoms with Crippen LogP contribution in [-0.2, 0) is 4.79 Å². The molecule has 0 bridgehead atoms. The third-order valence-electron chi connectivity index (χ3n) is 4.40. The molecule has 0 saturated carbocycles. The van der Waals surface area contributed by atoms with Crippen LogP contribution >= 0.6 is 0 Å². The largest absolute Gasteiger partial charge is 0.348 e. The van der Waals surface area contributed by atoms with Crippen LogP contribution in [0.15, 0.2) is 24.3 Å². The maximum Gasteiger partial charge on any atom is 0.242 e. The first kappa shape index (κ1) is 18.0. The summed E-state index contributed by atoms with van der Waals surface area (Å²) >= 11 is 0. The lowest BCUT2D eigenvalue weighted by molar-refractivity contribution is -0.127. The first-order valence-corrected chi connectivity index (χ1v) is 8.56. The molecule has 1 fully saturated rings. The third-order valence-corrected chi connectivity index (χ3v) is 4.40. The quantitative estimate of drug-likeness (QED) is 0.876. The first-order valence-electron chi connectivity index (χ1n) is 8.56. The summed E-state index contributed by atoms with van der Waals surface area (Å²) in [5, 5.41) is 3.26. The zero-order valence-electron chi connectivity index (χ0n) is 15.2. The molecule has 2 rings (SSSR count). The first-order chi connectivity index (χ1) is 10.8. The number of amides is 1. The van der Waals surface area contributed by atoms with E-state index in [9.17, 15) is 4.79 Å². The van der Waals surface area contributed by atoms with Gasteiger partial charge in [0.2, 0.25) is 5.91 Å². The minimum Gasteiger partial charge on any atom is -0.348 e. The van der Waals surface area contributed by atoms with Crippen molar-refractivity contribution >= 4 is 5.91 Å². The Kier molecular flexibility index (Phi) is 5.82. The Labute approximate surface area is 140 Å². The second kappa shape index (κ2) is 7.45. The number of likely N-dealkylation sites (N-methyl/N-ethyl adjacent to an activating group) is 1. The second-order valence-electron chi connectivity index (χ2n) is 7.64. The van der Waals surface area contributed by atoms with Gasteiger partial charge in [0.1, 0.15) is 6.04 Å². The predicted octanol–water partition coefficient (Wildman–Crippen LogP) is 2.59. The summed E-state index contributed by atoms with van der Waals surface area (Å²) in [4.78, 5) is 17.3. The molecular weight excluding hydrogens is 286 g/mol. The fourth-order valence-electron chi connectivity index (χ4n) is 3.47. The van der Waals surface area contributed by atoms with Crippen LogP contribution in [-0.4, -0.2) is 55.0 Å². The minimum atomic E-state index is -0.257. The summed E-state index contributed by atoms with van der Waals surface area (Å²) in [6, 6.07) is 7.95. The zero-order chi connectivity index (χ0) is 17.0. The average Bonchev–Trinajstić information content (AvgIpc) is 2.89. The predicted molar refractivity (Wildman–Crippen MR) is 95.5 cm³/mol. The normalized spacial score (nSPS) is 17.5. The molecule has 1 atom stereocenters. The van der Waals surface area contributed by atoms with Crippen LogP contribution in [0.25, 0.3) is 0 Å². The van der Waals surface area contributed by atoms with E-state index in [1.54, 1.807) is 0 Å². The van der Waals surface area contributed by atoms with E-state index >= 15 is 0 Å². The van der Waals surface area contributed by atoms with Gasteiger partial charge in [0.15, 0.2) is 0 Å². The number of carbonyl (C=O) groups is 1. The summed E-state index contributed by atoms with van der Waals surface area (Å²) in [5.41, 5.74) is 2.00. The Morgan fingerprint density at radius 2 is 1.96 bits per heavy atom. The van der Waals surface area contributed by atoms with Crippen LogP contribution in [0.1, 0.15) is 43.9 Å². The molecular formula is C19H31N3O. The van der Waals surface area contributed by atoms with Gasteiger partial charge < -0.3 is 10.2 Å². The van der Waals surface area contributed by atoms with E-state index in [-0.39, 0.29) is 17.5 Å². The van der Waals surface area contributed by atoms with Gasteiger partial charge in [-0.05, 0) is 66.4 Å². The fourth-order valence-corrected chi connectivity index (χ4v) is 3.47. The number of rotatable bonds is 6. The van der Waals surface area contributed by atoms with Gasteiger partial charge in [-0.25, -0.2) is 0 Å². The molecule has 4 heteroatoms. The van der Waals surface area contributed by atoms with Gasteiger partial charge >= 0.3 is 0 Å². The molecule has 1 N–H and O–H groups in total. The lowest BCUT2D eigenvalue weighted by Crippen LogP contribution is -2.53. The highest BCUT2D eigenvalue weighted by molar-refractivity contribution is 5.83. The number of aryl methyl sites for hydroxylation is 1. The zero-order valence-corrected chi connectivity index (χ0v) is 15.2. The molecule has 1 aromatic rings. The van der Waals surface area contributed by atoms with Gasteiger partial charge in [0.25, 0.3) is 0 Å². The minimum absolute atomic E-state index is 0.0739. The van der Waals surface area contributed by atoms with Crippen molar-refractivity contribution in [3.63, 3.8) is 0 Å². The highest BCUT2D eigenvalue weighted by Crippen LogP contribution is 2.21. The summed E-state index contributed by atoms with van der Waals surface area (Å²) in [6.45, 7) is 9.50. The maximum absolute atomic E-state index is 12.9. The van der Waals surface area contributed by atoms with Crippen LogP contribution in [0.2, 0.25) is 0 Å². The van der Waals surface area contributed by atoms with E-state index in [1.165, 1.54) is 18.4 Å². The standard InChI is InChI=1S/C19H31N3O/c1-15-9-8-10-16(13-15)17(21(4)5)18(23)20-19(2,3)14-22-11-6-7-12-22/h8-10,13,17H,6-7,11-12,14H2,1-5H3,(H,20,23)/t17-/m0/s1. The van der Waals surface area contributed by atoms with Gasteiger partial charge in [0, 0.05) is 12.1 Å². The average molecular weight is 317 g/mol. The number of benzene rings is 1. The SMILES string of the molecule is Cc1cccc([C@@H](C(=O)NC(C)(C)CN2CCCC2)N(C)C)c1. The molecule has 1 heterocycles. The summed E-state index contributed by atoms with van der Waals surface area (Å²) in [6.07, 6.45) is 2.54. The monoisotopic (exact) mass is 317 g/mol. The fraction of sp³-hybridized carbons (Fsp3) is 0.632. The van der Waals surface area contributed by atoms with Crippen LogP contribution in [0.4, 0.5) is 0 Å².